The predicted octanol–water partition coefficient (Wildman–Crippen LogP) is 3.55. The number of likely N-dealkylation sites (tertiary alicyclic amines) is 1. The van der Waals surface area contributed by atoms with E-state index in [1.807, 2.05) is 28.5 Å². The van der Waals surface area contributed by atoms with E-state index in [0.717, 1.165) is 48.7 Å². The molecule has 2 aromatic rings. The number of amides is 3. The number of benzene rings is 1. The van der Waals surface area contributed by atoms with Crippen molar-refractivity contribution in [1.82, 2.24) is 15.2 Å². The molecule has 0 spiro atoms. The lowest BCUT2D eigenvalue weighted by molar-refractivity contribution is -0.121. The van der Waals surface area contributed by atoms with E-state index in [0.29, 0.717) is 17.5 Å². The number of hydrogen-bond acceptors (Lipinski definition) is 6. The molecule has 3 heterocycles. The van der Waals surface area contributed by atoms with E-state index in [-0.39, 0.29) is 24.6 Å². The number of hydrogen-bond donors (Lipinski definition) is 2. The summed E-state index contributed by atoms with van der Waals surface area (Å²) in [6.45, 7) is 2.79. The molecule has 0 bridgehead atoms. The molecule has 1 aliphatic carbocycles. The Labute approximate surface area is 191 Å². The van der Waals surface area contributed by atoms with Crippen molar-refractivity contribution in [3.63, 3.8) is 0 Å². The van der Waals surface area contributed by atoms with Gasteiger partial charge in [-0.25, -0.2) is 9.78 Å². The van der Waals surface area contributed by atoms with Crippen LogP contribution in [0.5, 0.6) is 5.75 Å². The number of aromatic nitrogens is 1. The van der Waals surface area contributed by atoms with Gasteiger partial charge in [0, 0.05) is 30.1 Å². The van der Waals surface area contributed by atoms with Crippen LogP contribution in [0.15, 0.2) is 23.6 Å². The van der Waals surface area contributed by atoms with Gasteiger partial charge in [0.25, 0.3) is 5.91 Å². The maximum Gasteiger partial charge on any atom is 0.320 e. The Hall–Kier alpha value is -2.65. The zero-order valence-corrected chi connectivity index (χ0v) is 19.1. The number of piperidine rings is 1. The van der Waals surface area contributed by atoms with Gasteiger partial charge in [-0.2, -0.15) is 0 Å². The second kappa shape index (κ2) is 9.07. The summed E-state index contributed by atoms with van der Waals surface area (Å²) in [5, 5.41) is 8.53. The van der Waals surface area contributed by atoms with Crippen molar-refractivity contribution in [2.75, 3.05) is 43.5 Å². The van der Waals surface area contributed by atoms with E-state index in [9.17, 15) is 9.59 Å². The Bertz CT molecular complexity index is 1010. The normalized spacial score (nSPS) is 21.5. The number of thiazole rings is 1. The molecular formula is C23H29N5O3S. The summed E-state index contributed by atoms with van der Waals surface area (Å²) in [5.41, 5.74) is 1.75. The first-order chi connectivity index (χ1) is 15.5. The molecule has 3 aliphatic rings. The maximum atomic E-state index is 12.4. The fraction of sp³-hybridized carbons (Fsp3) is 0.522. The number of ether oxygens (including phenoxy) is 1. The van der Waals surface area contributed by atoms with Gasteiger partial charge in [0.2, 0.25) is 0 Å². The van der Waals surface area contributed by atoms with Crippen LogP contribution < -0.4 is 20.3 Å². The number of anilines is 2. The topological polar surface area (TPSA) is 86.8 Å². The largest absolute Gasteiger partial charge is 0.482 e. The summed E-state index contributed by atoms with van der Waals surface area (Å²) >= 11 is 1.47. The van der Waals surface area contributed by atoms with Gasteiger partial charge in [0.15, 0.2) is 6.61 Å². The number of fused-ring (bicyclic) bond motifs is 1. The van der Waals surface area contributed by atoms with Crippen LogP contribution in [0, 0.1) is 5.92 Å². The molecule has 2 N–H and O–H groups in total. The first-order valence-corrected chi connectivity index (χ1v) is 12.2. The standard InChI is InChI=1S/C23H29N5O3S/c1-27-9-3-6-17(12-27)24-23(30)26-20-14-32-22(25-20)16-7-8-18-19(10-16)31-13-21(29)28(18)11-15-4-2-5-15/h7-8,10,14-15,17H,2-6,9,11-13H2,1H3,(H2,24,26,30). The summed E-state index contributed by atoms with van der Waals surface area (Å²) in [7, 11) is 2.07. The fourth-order valence-electron chi connectivity index (χ4n) is 4.56. The number of urea groups is 1. The molecule has 32 heavy (non-hydrogen) atoms. The van der Waals surface area contributed by atoms with Gasteiger partial charge in [0.1, 0.15) is 16.6 Å². The minimum Gasteiger partial charge on any atom is -0.482 e. The average Bonchev–Trinajstić information content (AvgIpc) is 3.19. The fourth-order valence-corrected chi connectivity index (χ4v) is 5.31. The van der Waals surface area contributed by atoms with Crippen molar-refractivity contribution in [1.29, 1.82) is 0 Å². The lowest BCUT2D eigenvalue weighted by Crippen LogP contribution is -2.47. The Morgan fingerprint density at radius 2 is 2.16 bits per heavy atom. The van der Waals surface area contributed by atoms with Crippen molar-refractivity contribution in [3.05, 3.63) is 23.6 Å². The van der Waals surface area contributed by atoms with E-state index in [4.69, 9.17) is 4.74 Å². The van der Waals surface area contributed by atoms with Crippen molar-refractivity contribution in [2.24, 2.45) is 5.92 Å². The molecule has 1 unspecified atom stereocenters. The first kappa shape index (κ1) is 21.2. The lowest BCUT2D eigenvalue weighted by atomic mass is 9.85. The second-order valence-corrected chi connectivity index (χ2v) is 9.87. The van der Waals surface area contributed by atoms with Crippen LogP contribution >= 0.6 is 11.3 Å². The summed E-state index contributed by atoms with van der Waals surface area (Å²) < 4.78 is 5.73. The van der Waals surface area contributed by atoms with Crippen molar-refractivity contribution in [3.8, 4) is 16.3 Å². The van der Waals surface area contributed by atoms with Crippen LogP contribution in [0.25, 0.3) is 10.6 Å². The first-order valence-electron chi connectivity index (χ1n) is 11.3. The zero-order chi connectivity index (χ0) is 22.1. The van der Waals surface area contributed by atoms with E-state index in [2.05, 4.69) is 27.6 Å². The summed E-state index contributed by atoms with van der Waals surface area (Å²) in [5.74, 6) is 1.86. The number of rotatable bonds is 5. The third kappa shape index (κ3) is 4.59. The van der Waals surface area contributed by atoms with Crippen molar-refractivity contribution >= 4 is 34.8 Å². The molecule has 1 saturated carbocycles. The molecule has 1 atom stereocenters. The van der Waals surface area contributed by atoms with Gasteiger partial charge >= 0.3 is 6.03 Å². The van der Waals surface area contributed by atoms with E-state index >= 15 is 0 Å². The van der Waals surface area contributed by atoms with Gasteiger partial charge < -0.3 is 19.9 Å². The van der Waals surface area contributed by atoms with Crippen LogP contribution in [-0.4, -0.2) is 61.2 Å². The van der Waals surface area contributed by atoms with Gasteiger partial charge in [-0.05, 0) is 63.4 Å². The molecule has 9 heteroatoms. The van der Waals surface area contributed by atoms with E-state index < -0.39 is 0 Å². The Morgan fingerprint density at radius 1 is 1.28 bits per heavy atom. The van der Waals surface area contributed by atoms with Gasteiger partial charge in [-0.3, -0.25) is 10.1 Å². The molecule has 0 radical (unpaired) electrons. The maximum absolute atomic E-state index is 12.4. The SMILES string of the molecule is CN1CCCC(NC(=O)Nc2csc(-c3ccc4c(c3)OCC(=O)N4CC3CCC3)n2)C1. The second-order valence-electron chi connectivity index (χ2n) is 9.01. The number of nitrogens with one attached hydrogen (secondary N) is 2. The Balaban J connectivity index is 1.25. The molecule has 8 nitrogen and oxygen atoms in total. The third-order valence-corrected chi connectivity index (χ3v) is 7.41. The molecule has 2 aliphatic heterocycles. The van der Waals surface area contributed by atoms with Crippen LogP contribution in [0.3, 0.4) is 0 Å². The quantitative estimate of drug-likeness (QED) is 0.720. The van der Waals surface area contributed by atoms with Crippen LogP contribution in [0.2, 0.25) is 0 Å². The Kier molecular flexibility index (Phi) is 6.01. The average molecular weight is 456 g/mol. The highest BCUT2D eigenvalue weighted by atomic mass is 32.1. The van der Waals surface area contributed by atoms with Crippen LogP contribution in [0.4, 0.5) is 16.3 Å². The van der Waals surface area contributed by atoms with E-state index in [1.54, 1.807) is 0 Å². The number of likely N-dealkylation sites (N-methyl/N-ethyl adjacent to an activating group) is 1. The number of carbonyl (C=O) groups is 2. The number of carbonyl (C=O) groups excluding carboxylic acids is 2. The smallest absolute Gasteiger partial charge is 0.320 e. The molecule has 1 aromatic carbocycles. The van der Waals surface area contributed by atoms with Crippen LogP contribution in [0.1, 0.15) is 32.1 Å². The van der Waals surface area contributed by atoms with Gasteiger partial charge in [-0.15, -0.1) is 11.3 Å². The third-order valence-electron chi connectivity index (χ3n) is 6.52. The van der Waals surface area contributed by atoms with Crippen LogP contribution in [-0.2, 0) is 4.79 Å². The highest BCUT2D eigenvalue weighted by Gasteiger charge is 2.30. The summed E-state index contributed by atoms with van der Waals surface area (Å²) in [6, 6.07) is 5.79. The summed E-state index contributed by atoms with van der Waals surface area (Å²) in [6.07, 6.45) is 5.73. The van der Waals surface area contributed by atoms with E-state index in [1.165, 1.54) is 30.6 Å². The highest BCUT2D eigenvalue weighted by Crippen LogP contribution is 2.39. The monoisotopic (exact) mass is 455 g/mol. The highest BCUT2D eigenvalue weighted by molar-refractivity contribution is 7.13. The van der Waals surface area contributed by atoms with Gasteiger partial charge in [0.05, 0.1) is 5.69 Å². The zero-order valence-electron chi connectivity index (χ0n) is 18.3. The summed E-state index contributed by atoms with van der Waals surface area (Å²) in [4.78, 5) is 33.5. The molecule has 3 amide bonds. The minimum absolute atomic E-state index is 0.0213. The Morgan fingerprint density at radius 3 is 2.94 bits per heavy atom. The molecular weight excluding hydrogens is 426 g/mol. The molecule has 1 saturated heterocycles. The molecule has 1 aromatic heterocycles. The van der Waals surface area contributed by atoms with Crippen molar-refractivity contribution in [2.45, 2.75) is 38.1 Å². The van der Waals surface area contributed by atoms with Gasteiger partial charge in [-0.1, -0.05) is 6.42 Å². The van der Waals surface area contributed by atoms with Crippen molar-refractivity contribution < 1.29 is 14.3 Å². The molecule has 2 fully saturated rings. The lowest BCUT2D eigenvalue weighted by Gasteiger charge is -2.35. The molecule has 5 rings (SSSR count). The molecule has 170 valence electrons. The minimum atomic E-state index is -0.221. The predicted molar refractivity (Wildman–Crippen MR) is 125 cm³/mol. The number of nitrogens with zero attached hydrogens (tertiary/aromatic N) is 3.